The van der Waals surface area contributed by atoms with Crippen LogP contribution in [0.2, 0.25) is 0 Å². The number of hydrogen-bond donors (Lipinski definition) is 2. The van der Waals surface area contributed by atoms with E-state index >= 15 is 0 Å². The highest BCUT2D eigenvalue weighted by molar-refractivity contribution is 5.79. The summed E-state index contributed by atoms with van der Waals surface area (Å²) in [5.41, 5.74) is 2.05. The molecule has 0 aliphatic rings. The van der Waals surface area contributed by atoms with Crippen molar-refractivity contribution >= 4 is 5.91 Å². The van der Waals surface area contributed by atoms with Crippen molar-refractivity contribution in [2.45, 2.75) is 25.9 Å². The van der Waals surface area contributed by atoms with Crippen molar-refractivity contribution in [3.63, 3.8) is 0 Å². The molecule has 1 unspecified atom stereocenters. The lowest BCUT2D eigenvalue weighted by atomic mass is 10.2. The second-order valence-electron chi connectivity index (χ2n) is 2.35. The molecule has 1 amide bonds. The first-order chi connectivity index (χ1) is 5.76. The molecule has 70 valence electrons. The Morgan fingerprint density at radius 3 is 2.92 bits per heavy atom. The molecular weight excluding hydrogens is 156 g/mol. The highest BCUT2D eigenvalue weighted by Gasteiger charge is 2.14. The summed E-state index contributed by atoms with van der Waals surface area (Å²) in [4.78, 5) is 11.0. The van der Waals surface area contributed by atoms with Crippen molar-refractivity contribution in [3.05, 3.63) is 12.7 Å². The average Bonchev–Trinajstić information content (AvgIpc) is 2.11. The van der Waals surface area contributed by atoms with Gasteiger partial charge in [-0.2, -0.15) is 0 Å². The van der Waals surface area contributed by atoms with E-state index in [1.165, 1.54) is 0 Å². The molecule has 0 aliphatic carbocycles. The van der Waals surface area contributed by atoms with Crippen LogP contribution in [0.1, 0.15) is 19.8 Å². The van der Waals surface area contributed by atoms with Crippen LogP contribution in [0.15, 0.2) is 12.7 Å². The number of hydrogen-bond acceptors (Lipinski definition) is 3. The fraction of sp³-hybridized carbons (Fsp3) is 0.625. The van der Waals surface area contributed by atoms with E-state index in [-0.39, 0.29) is 5.91 Å². The standard InChI is InChI=1S/C8H16N2O2/c1-3-5-6-12-7(4-2)8(11)10-9/h3,7H,1,4-6,9H2,2H3,(H,10,11). The monoisotopic (exact) mass is 172 g/mol. The zero-order valence-electron chi connectivity index (χ0n) is 7.38. The Kier molecular flexibility index (Phi) is 6.32. The van der Waals surface area contributed by atoms with Crippen LogP contribution in [0.3, 0.4) is 0 Å². The summed E-state index contributed by atoms with van der Waals surface area (Å²) in [5.74, 6) is 4.68. The Labute approximate surface area is 72.7 Å². The number of carbonyl (C=O) groups excluding carboxylic acids is 1. The van der Waals surface area contributed by atoms with Crippen molar-refractivity contribution in [1.82, 2.24) is 5.43 Å². The lowest BCUT2D eigenvalue weighted by molar-refractivity contribution is -0.133. The number of ether oxygens (including phenoxy) is 1. The molecule has 12 heavy (non-hydrogen) atoms. The Bertz CT molecular complexity index is 148. The van der Waals surface area contributed by atoms with Gasteiger partial charge in [-0.3, -0.25) is 10.2 Å². The fourth-order valence-corrected chi connectivity index (χ4v) is 0.766. The van der Waals surface area contributed by atoms with Gasteiger partial charge in [0, 0.05) is 0 Å². The Hall–Kier alpha value is -0.870. The van der Waals surface area contributed by atoms with Crippen molar-refractivity contribution in [3.8, 4) is 0 Å². The van der Waals surface area contributed by atoms with Crippen LogP contribution in [0.25, 0.3) is 0 Å². The van der Waals surface area contributed by atoms with Crippen LogP contribution < -0.4 is 11.3 Å². The second kappa shape index (κ2) is 6.82. The molecule has 0 aromatic rings. The second-order valence-corrected chi connectivity index (χ2v) is 2.35. The molecular formula is C8H16N2O2. The molecule has 0 saturated carbocycles. The molecule has 0 bridgehead atoms. The molecule has 3 N–H and O–H groups in total. The normalized spacial score (nSPS) is 12.2. The van der Waals surface area contributed by atoms with Crippen LogP contribution >= 0.6 is 0 Å². The van der Waals surface area contributed by atoms with E-state index in [1.54, 1.807) is 6.08 Å². The SMILES string of the molecule is C=CCCOC(CC)C(=O)NN. The fourth-order valence-electron chi connectivity index (χ4n) is 0.766. The Morgan fingerprint density at radius 1 is 1.83 bits per heavy atom. The summed E-state index contributed by atoms with van der Waals surface area (Å²) in [5, 5.41) is 0. The molecule has 0 heterocycles. The van der Waals surface area contributed by atoms with Gasteiger partial charge in [0.2, 0.25) is 0 Å². The quantitative estimate of drug-likeness (QED) is 0.200. The van der Waals surface area contributed by atoms with E-state index in [9.17, 15) is 4.79 Å². The minimum absolute atomic E-state index is 0.276. The lowest BCUT2D eigenvalue weighted by Gasteiger charge is -2.12. The molecule has 0 spiro atoms. The van der Waals surface area contributed by atoms with Gasteiger partial charge in [-0.15, -0.1) is 6.58 Å². The number of rotatable bonds is 6. The molecule has 0 rings (SSSR count). The third-order valence-electron chi connectivity index (χ3n) is 1.45. The van der Waals surface area contributed by atoms with Gasteiger partial charge in [0.05, 0.1) is 6.61 Å². The van der Waals surface area contributed by atoms with E-state index in [0.29, 0.717) is 13.0 Å². The maximum Gasteiger partial charge on any atom is 0.262 e. The van der Waals surface area contributed by atoms with Gasteiger partial charge in [-0.1, -0.05) is 13.0 Å². The van der Waals surface area contributed by atoms with Gasteiger partial charge in [-0.25, -0.2) is 5.84 Å². The zero-order valence-corrected chi connectivity index (χ0v) is 7.38. The molecule has 0 saturated heterocycles. The van der Waals surface area contributed by atoms with Crippen molar-refractivity contribution in [1.29, 1.82) is 0 Å². The van der Waals surface area contributed by atoms with E-state index < -0.39 is 6.10 Å². The first kappa shape index (κ1) is 11.1. The number of amides is 1. The summed E-state index contributed by atoms with van der Waals surface area (Å²) in [6.45, 7) is 5.92. The molecule has 0 aromatic heterocycles. The van der Waals surface area contributed by atoms with E-state index in [0.717, 1.165) is 6.42 Å². The molecule has 0 radical (unpaired) electrons. The third kappa shape index (κ3) is 4.10. The number of carbonyl (C=O) groups is 1. The van der Waals surface area contributed by atoms with E-state index in [4.69, 9.17) is 10.6 Å². The molecule has 0 aromatic carbocycles. The Balaban J connectivity index is 3.66. The van der Waals surface area contributed by atoms with Crippen LogP contribution in [0, 0.1) is 0 Å². The summed E-state index contributed by atoms with van der Waals surface area (Å²) in [6, 6.07) is 0. The molecule has 1 atom stereocenters. The van der Waals surface area contributed by atoms with Gasteiger partial charge in [0.25, 0.3) is 5.91 Å². The van der Waals surface area contributed by atoms with Crippen molar-refractivity contribution < 1.29 is 9.53 Å². The van der Waals surface area contributed by atoms with E-state index in [2.05, 4.69) is 12.0 Å². The van der Waals surface area contributed by atoms with Crippen molar-refractivity contribution in [2.24, 2.45) is 5.84 Å². The van der Waals surface area contributed by atoms with Crippen LogP contribution in [-0.4, -0.2) is 18.6 Å². The van der Waals surface area contributed by atoms with Crippen LogP contribution in [-0.2, 0) is 9.53 Å². The first-order valence-electron chi connectivity index (χ1n) is 3.99. The lowest BCUT2D eigenvalue weighted by Crippen LogP contribution is -2.40. The molecule has 4 heteroatoms. The predicted octanol–water partition coefficient (Wildman–Crippen LogP) is 0.348. The maximum absolute atomic E-state index is 11.0. The number of hydrazine groups is 1. The van der Waals surface area contributed by atoms with Gasteiger partial charge in [0.1, 0.15) is 6.10 Å². The summed E-state index contributed by atoms with van der Waals surface area (Å²) < 4.78 is 5.22. The van der Waals surface area contributed by atoms with Gasteiger partial charge in [0.15, 0.2) is 0 Å². The number of nitrogens with two attached hydrogens (primary N) is 1. The highest BCUT2D eigenvalue weighted by atomic mass is 16.5. The minimum Gasteiger partial charge on any atom is -0.368 e. The van der Waals surface area contributed by atoms with Gasteiger partial charge in [-0.05, 0) is 12.8 Å². The highest BCUT2D eigenvalue weighted by Crippen LogP contribution is 1.98. The minimum atomic E-state index is -0.435. The van der Waals surface area contributed by atoms with E-state index in [1.807, 2.05) is 6.92 Å². The van der Waals surface area contributed by atoms with Gasteiger partial charge < -0.3 is 4.74 Å². The van der Waals surface area contributed by atoms with Crippen LogP contribution in [0.4, 0.5) is 0 Å². The smallest absolute Gasteiger partial charge is 0.262 e. The van der Waals surface area contributed by atoms with Crippen LogP contribution in [0.5, 0.6) is 0 Å². The first-order valence-corrected chi connectivity index (χ1v) is 3.99. The average molecular weight is 172 g/mol. The predicted molar refractivity (Wildman–Crippen MR) is 47.2 cm³/mol. The topological polar surface area (TPSA) is 64.3 Å². The molecule has 4 nitrogen and oxygen atoms in total. The summed E-state index contributed by atoms with van der Waals surface area (Å²) >= 11 is 0. The Morgan fingerprint density at radius 2 is 2.50 bits per heavy atom. The zero-order chi connectivity index (χ0) is 9.40. The largest absolute Gasteiger partial charge is 0.368 e. The maximum atomic E-state index is 11.0. The number of nitrogens with one attached hydrogen (secondary N) is 1. The van der Waals surface area contributed by atoms with Crippen molar-refractivity contribution in [2.75, 3.05) is 6.61 Å². The van der Waals surface area contributed by atoms with Gasteiger partial charge >= 0.3 is 0 Å². The molecule has 0 fully saturated rings. The summed E-state index contributed by atoms with van der Waals surface area (Å²) in [6.07, 6.45) is 2.68. The third-order valence-corrected chi connectivity index (χ3v) is 1.45. The molecule has 0 aliphatic heterocycles. The summed E-state index contributed by atoms with van der Waals surface area (Å²) in [7, 11) is 0.